The Morgan fingerprint density at radius 3 is 2.40 bits per heavy atom. The Bertz CT molecular complexity index is 1250. The van der Waals surface area contributed by atoms with Gasteiger partial charge in [0.15, 0.2) is 17.3 Å². The van der Waals surface area contributed by atoms with Crippen LogP contribution in [-0.4, -0.2) is 25.3 Å². The highest BCUT2D eigenvalue weighted by Crippen LogP contribution is 2.47. The van der Waals surface area contributed by atoms with Crippen molar-refractivity contribution in [1.82, 2.24) is 9.78 Å². The summed E-state index contributed by atoms with van der Waals surface area (Å²) >= 11 is 0. The lowest BCUT2D eigenvalue weighted by molar-refractivity contribution is -0.142. The number of benzene rings is 2. The van der Waals surface area contributed by atoms with Gasteiger partial charge in [0.1, 0.15) is 12.3 Å². The van der Waals surface area contributed by atoms with Gasteiger partial charge in [-0.05, 0) is 36.4 Å². The number of hydrogen-bond donors (Lipinski definition) is 1. The molecule has 3 aromatic rings. The maximum Gasteiger partial charge on any atom is 0.438 e. The van der Waals surface area contributed by atoms with Crippen molar-refractivity contribution in [3.8, 4) is 28.4 Å². The minimum atomic E-state index is -4.83. The topological polar surface area (TPSA) is 96.4 Å². The predicted molar refractivity (Wildman–Crippen MR) is 96.2 cm³/mol. The quantitative estimate of drug-likeness (QED) is 0.627. The molecule has 1 aliphatic heterocycles. The third kappa shape index (κ3) is 3.17. The van der Waals surface area contributed by atoms with Crippen LogP contribution >= 0.6 is 0 Å². The molecule has 0 saturated heterocycles. The van der Waals surface area contributed by atoms with Crippen molar-refractivity contribution < 1.29 is 35.5 Å². The standard InChI is InChI=1S/C18H13F4N3O4S/c1-28-13-7-6-11-12(14(13)19)8-29-16-15(11)25(24-17(16)18(20,21)22)9-2-4-10(5-3-9)30(23,26)27/h2-7H,8H2,1H3,(H2,23,26,27). The first-order valence-corrected chi connectivity index (χ1v) is 9.89. The van der Waals surface area contributed by atoms with Crippen LogP contribution in [0.25, 0.3) is 16.9 Å². The van der Waals surface area contributed by atoms with Gasteiger partial charge in [0, 0.05) is 11.1 Å². The number of methoxy groups -OCH3 is 1. The zero-order chi connectivity index (χ0) is 21.8. The number of fused-ring (bicyclic) bond motifs is 3. The van der Waals surface area contributed by atoms with E-state index in [1.807, 2.05) is 0 Å². The maximum absolute atomic E-state index is 14.7. The maximum atomic E-state index is 14.7. The summed E-state index contributed by atoms with van der Waals surface area (Å²) in [6.45, 7) is -0.440. The highest BCUT2D eigenvalue weighted by Gasteiger charge is 2.43. The van der Waals surface area contributed by atoms with E-state index in [0.717, 1.165) is 16.8 Å². The summed E-state index contributed by atoms with van der Waals surface area (Å²) in [6.07, 6.45) is -4.83. The molecule has 30 heavy (non-hydrogen) atoms. The van der Waals surface area contributed by atoms with Gasteiger partial charge >= 0.3 is 6.18 Å². The molecule has 0 unspecified atom stereocenters. The van der Waals surface area contributed by atoms with Crippen LogP contribution in [0.5, 0.6) is 11.5 Å². The van der Waals surface area contributed by atoms with E-state index in [9.17, 15) is 26.0 Å². The Morgan fingerprint density at radius 2 is 1.83 bits per heavy atom. The number of ether oxygens (including phenoxy) is 2. The summed E-state index contributed by atoms with van der Waals surface area (Å²) in [5, 5.41) is 8.68. The summed E-state index contributed by atoms with van der Waals surface area (Å²) in [4.78, 5) is -0.226. The van der Waals surface area contributed by atoms with Crippen LogP contribution in [0, 0.1) is 5.82 Å². The molecule has 7 nitrogen and oxygen atoms in total. The average Bonchev–Trinajstić information content (AvgIpc) is 3.08. The van der Waals surface area contributed by atoms with E-state index in [1.54, 1.807) is 0 Å². The number of hydrogen-bond acceptors (Lipinski definition) is 5. The second-order valence-electron chi connectivity index (χ2n) is 6.37. The van der Waals surface area contributed by atoms with Gasteiger partial charge in [-0.3, -0.25) is 0 Å². The van der Waals surface area contributed by atoms with E-state index < -0.39 is 40.1 Å². The van der Waals surface area contributed by atoms with Crippen molar-refractivity contribution in [3.05, 3.63) is 53.5 Å². The van der Waals surface area contributed by atoms with Gasteiger partial charge in [-0.2, -0.15) is 18.3 Å². The summed E-state index contributed by atoms with van der Waals surface area (Å²) in [5.74, 6) is -1.39. The molecule has 1 aromatic heterocycles. The van der Waals surface area contributed by atoms with Crippen LogP contribution in [0.15, 0.2) is 41.3 Å². The number of nitrogens with two attached hydrogens (primary N) is 1. The zero-order valence-electron chi connectivity index (χ0n) is 15.2. The first-order valence-electron chi connectivity index (χ1n) is 8.34. The number of alkyl halides is 3. The fraction of sp³-hybridized carbons (Fsp3) is 0.167. The summed E-state index contributed by atoms with van der Waals surface area (Å²) < 4.78 is 89.3. The molecule has 2 heterocycles. The molecule has 0 aliphatic carbocycles. The normalized spacial score (nSPS) is 13.4. The van der Waals surface area contributed by atoms with E-state index >= 15 is 0 Å². The molecule has 0 amide bonds. The van der Waals surface area contributed by atoms with Crippen molar-refractivity contribution in [1.29, 1.82) is 0 Å². The fourth-order valence-corrected chi connectivity index (χ4v) is 3.71. The van der Waals surface area contributed by atoms with Gasteiger partial charge in [-0.1, -0.05) is 0 Å². The SMILES string of the molecule is COc1ccc2c(c1F)COc1c(C(F)(F)F)nn(-c3ccc(S(N)(=O)=O)cc3)c1-2. The first-order chi connectivity index (χ1) is 14.0. The lowest BCUT2D eigenvalue weighted by Crippen LogP contribution is -2.13. The van der Waals surface area contributed by atoms with Crippen molar-refractivity contribution in [2.45, 2.75) is 17.7 Å². The summed E-state index contributed by atoms with van der Waals surface area (Å²) in [7, 11) is -2.73. The molecule has 0 bridgehead atoms. The van der Waals surface area contributed by atoms with Crippen molar-refractivity contribution >= 4 is 10.0 Å². The molecule has 0 fully saturated rings. The number of aromatic nitrogens is 2. The highest BCUT2D eigenvalue weighted by molar-refractivity contribution is 7.89. The third-order valence-electron chi connectivity index (χ3n) is 4.56. The number of rotatable bonds is 3. The number of halogens is 4. The van der Waals surface area contributed by atoms with Gasteiger partial charge in [-0.25, -0.2) is 22.6 Å². The smallest absolute Gasteiger partial charge is 0.438 e. The van der Waals surface area contributed by atoms with Crippen LogP contribution in [-0.2, 0) is 22.8 Å². The molecule has 0 radical (unpaired) electrons. The molecule has 1 aliphatic rings. The second kappa shape index (κ2) is 6.71. The minimum Gasteiger partial charge on any atom is -0.494 e. The number of nitrogens with zero attached hydrogens (tertiary/aromatic N) is 2. The molecule has 0 atom stereocenters. The summed E-state index contributed by atoms with van der Waals surface area (Å²) in [5.41, 5.74) is -1.14. The lowest BCUT2D eigenvalue weighted by Gasteiger charge is -2.21. The van der Waals surface area contributed by atoms with Crippen molar-refractivity contribution in [2.75, 3.05) is 7.11 Å². The second-order valence-corrected chi connectivity index (χ2v) is 7.93. The molecular weight excluding hydrogens is 430 g/mol. The molecule has 0 spiro atoms. The average molecular weight is 443 g/mol. The van der Waals surface area contributed by atoms with Gasteiger partial charge in [-0.15, -0.1) is 0 Å². The number of sulfonamides is 1. The summed E-state index contributed by atoms with van der Waals surface area (Å²) in [6, 6.07) is 7.44. The molecule has 158 valence electrons. The lowest BCUT2D eigenvalue weighted by atomic mass is 10.00. The molecule has 2 aromatic carbocycles. The van der Waals surface area contributed by atoms with E-state index in [0.29, 0.717) is 0 Å². The Kier molecular flexibility index (Phi) is 4.51. The van der Waals surface area contributed by atoms with Crippen LogP contribution < -0.4 is 14.6 Å². The molecule has 4 rings (SSSR count). The Hall–Kier alpha value is -3.12. The largest absolute Gasteiger partial charge is 0.494 e. The van der Waals surface area contributed by atoms with Gasteiger partial charge in [0.05, 0.1) is 17.7 Å². The Balaban J connectivity index is 1.98. The molecular formula is C18H13F4N3O4S. The van der Waals surface area contributed by atoms with Gasteiger partial charge < -0.3 is 9.47 Å². The van der Waals surface area contributed by atoms with Crippen molar-refractivity contribution in [2.24, 2.45) is 5.14 Å². The Labute approximate surface area is 167 Å². The van der Waals surface area contributed by atoms with Crippen LogP contribution in [0.4, 0.5) is 17.6 Å². The van der Waals surface area contributed by atoms with Crippen LogP contribution in [0.2, 0.25) is 0 Å². The minimum absolute atomic E-state index is 0.0119. The van der Waals surface area contributed by atoms with E-state index in [4.69, 9.17) is 14.6 Å². The van der Waals surface area contributed by atoms with E-state index in [2.05, 4.69) is 5.10 Å². The Morgan fingerprint density at radius 1 is 1.17 bits per heavy atom. The molecule has 12 heteroatoms. The monoisotopic (exact) mass is 443 g/mol. The van der Waals surface area contributed by atoms with Crippen LogP contribution in [0.1, 0.15) is 11.3 Å². The fourth-order valence-electron chi connectivity index (χ4n) is 3.19. The molecule has 2 N–H and O–H groups in total. The van der Waals surface area contributed by atoms with Crippen molar-refractivity contribution in [3.63, 3.8) is 0 Å². The number of primary sulfonamides is 1. The third-order valence-corrected chi connectivity index (χ3v) is 5.49. The van der Waals surface area contributed by atoms with E-state index in [1.165, 1.54) is 31.4 Å². The predicted octanol–water partition coefficient (Wildman–Crippen LogP) is 3.25. The first kappa shape index (κ1) is 20.2. The van der Waals surface area contributed by atoms with Crippen LogP contribution in [0.3, 0.4) is 0 Å². The zero-order valence-corrected chi connectivity index (χ0v) is 16.0. The highest BCUT2D eigenvalue weighted by atomic mass is 32.2. The van der Waals surface area contributed by atoms with Gasteiger partial charge in [0.25, 0.3) is 0 Å². The van der Waals surface area contributed by atoms with E-state index in [-0.39, 0.29) is 33.2 Å². The molecule has 0 saturated carbocycles. The van der Waals surface area contributed by atoms with Gasteiger partial charge in [0.2, 0.25) is 15.7 Å².